The summed E-state index contributed by atoms with van der Waals surface area (Å²) in [6.45, 7) is 7.98. The second kappa shape index (κ2) is 6.73. The highest BCUT2D eigenvalue weighted by Gasteiger charge is 2.03. The fraction of sp³-hybridized carbons (Fsp3) is 0.375. The van der Waals surface area contributed by atoms with Crippen LogP contribution in [0.5, 0.6) is 5.75 Å². The van der Waals surface area contributed by atoms with E-state index in [2.05, 4.69) is 44.3 Å². The fourth-order valence-electron chi connectivity index (χ4n) is 1.77. The van der Waals surface area contributed by atoms with E-state index in [9.17, 15) is 0 Å². The minimum atomic E-state index is 0.522. The Hall–Kier alpha value is -1.32. The van der Waals surface area contributed by atoms with Crippen molar-refractivity contribution in [1.29, 1.82) is 0 Å². The molecular formula is C16H21NOS. The summed E-state index contributed by atoms with van der Waals surface area (Å²) in [7, 11) is 0. The van der Waals surface area contributed by atoms with Crippen LogP contribution < -0.4 is 10.1 Å². The van der Waals surface area contributed by atoms with Gasteiger partial charge in [0.1, 0.15) is 12.4 Å². The quantitative estimate of drug-likeness (QED) is 0.855. The minimum absolute atomic E-state index is 0.522. The number of hydrogen-bond acceptors (Lipinski definition) is 3. The van der Waals surface area contributed by atoms with Crippen LogP contribution in [0.2, 0.25) is 0 Å². The molecule has 102 valence electrons. The first-order valence-corrected chi connectivity index (χ1v) is 7.46. The molecule has 0 unspecified atom stereocenters. The molecule has 3 heteroatoms. The van der Waals surface area contributed by atoms with E-state index in [1.54, 1.807) is 0 Å². The van der Waals surface area contributed by atoms with Crippen molar-refractivity contribution in [2.75, 3.05) is 0 Å². The van der Waals surface area contributed by atoms with Crippen LogP contribution in [0.1, 0.15) is 29.2 Å². The fourth-order valence-corrected chi connectivity index (χ4v) is 2.65. The Morgan fingerprint density at radius 1 is 1.11 bits per heavy atom. The number of para-hydroxylation sites is 1. The van der Waals surface area contributed by atoms with Gasteiger partial charge in [-0.15, -0.1) is 11.3 Å². The van der Waals surface area contributed by atoms with Gasteiger partial charge < -0.3 is 10.1 Å². The molecule has 1 heterocycles. The van der Waals surface area contributed by atoms with E-state index in [-0.39, 0.29) is 0 Å². The lowest BCUT2D eigenvalue weighted by atomic mass is 10.2. The molecule has 1 aromatic carbocycles. The van der Waals surface area contributed by atoms with Crippen molar-refractivity contribution in [3.05, 3.63) is 51.7 Å². The maximum absolute atomic E-state index is 5.85. The monoisotopic (exact) mass is 275 g/mol. The van der Waals surface area contributed by atoms with Gasteiger partial charge >= 0.3 is 0 Å². The molecule has 0 amide bonds. The number of nitrogens with one attached hydrogen (secondary N) is 1. The molecule has 0 fully saturated rings. The van der Waals surface area contributed by atoms with E-state index in [4.69, 9.17) is 4.74 Å². The second-order valence-corrected chi connectivity index (χ2v) is 6.21. The Balaban J connectivity index is 1.88. The summed E-state index contributed by atoms with van der Waals surface area (Å²) in [5, 5.41) is 3.43. The van der Waals surface area contributed by atoms with Crippen molar-refractivity contribution in [2.24, 2.45) is 0 Å². The SMILES string of the molecule is Cc1ccccc1OCc1ccc(CNC(C)C)s1. The zero-order chi connectivity index (χ0) is 13.7. The molecule has 2 rings (SSSR count). The molecule has 0 aliphatic heterocycles. The molecule has 1 aromatic heterocycles. The lowest BCUT2D eigenvalue weighted by Crippen LogP contribution is -2.21. The maximum atomic E-state index is 5.85. The van der Waals surface area contributed by atoms with Crippen molar-refractivity contribution in [1.82, 2.24) is 5.32 Å². The van der Waals surface area contributed by atoms with Crippen molar-refractivity contribution < 1.29 is 4.74 Å². The summed E-state index contributed by atoms with van der Waals surface area (Å²) in [5.74, 6) is 0.970. The van der Waals surface area contributed by atoms with Crippen LogP contribution >= 0.6 is 11.3 Å². The van der Waals surface area contributed by atoms with E-state index in [0.29, 0.717) is 12.6 Å². The van der Waals surface area contributed by atoms with Crippen molar-refractivity contribution >= 4 is 11.3 Å². The van der Waals surface area contributed by atoms with E-state index in [0.717, 1.165) is 12.3 Å². The van der Waals surface area contributed by atoms with Crippen LogP contribution in [0, 0.1) is 6.92 Å². The van der Waals surface area contributed by atoms with Crippen molar-refractivity contribution in [3.63, 3.8) is 0 Å². The van der Waals surface area contributed by atoms with Crippen LogP contribution in [0.15, 0.2) is 36.4 Å². The molecule has 0 atom stereocenters. The molecule has 2 nitrogen and oxygen atoms in total. The van der Waals surface area contributed by atoms with Crippen LogP contribution in [-0.4, -0.2) is 6.04 Å². The van der Waals surface area contributed by atoms with Crippen molar-refractivity contribution in [2.45, 2.75) is 40.0 Å². The summed E-state index contributed by atoms with van der Waals surface area (Å²) in [6.07, 6.45) is 0. The highest BCUT2D eigenvalue weighted by atomic mass is 32.1. The first-order chi connectivity index (χ1) is 9.15. The number of thiophene rings is 1. The average molecular weight is 275 g/mol. The third-order valence-corrected chi connectivity index (χ3v) is 3.92. The van der Waals surface area contributed by atoms with Crippen LogP contribution in [0.25, 0.3) is 0 Å². The van der Waals surface area contributed by atoms with Gasteiger partial charge in [-0.25, -0.2) is 0 Å². The standard InChI is InChI=1S/C16H21NOS/c1-12(2)17-10-14-8-9-15(19-14)11-18-16-7-5-4-6-13(16)3/h4-9,12,17H,10-11H2,1-3H3. The van der Waals surface area contributed by atoms with Gasteiger partial charge in [-0.2, -0.15) is 0 Å². The molecule has 0 radical (unpaired) electrons. The Bertz CT molecular complexity index is 519. The maximum Gasteiger partial charge on any atom is 0.122 e. The summed E-state index contributed by atoms with van der Waals surface area (Å²) in [4.78, 5) is 2.63. The van der Waals surface area contributed by atoms with E-state index in [1.165, 1.54) is 15.3 Å². The highest BCUT2D eigenvalue weighted by Crippen LogP contribution is 2.21. The second-order valence-electron chi connectivity index (χ2n) is 4.96. The van der Waals surface area contributed by atoms with Gasteiger partial charge in [0.25, 0.3) is 0 Å². The third kappa shape index (κ3) is 4.37. The summed E-state index contributed by atoms with van der Waals surface area (Å²) < 4.78 is 5.85. The van der Waals surface area contributed by atoms with Crippen molar-refractivity contribution in [3.8, 4) is 5.75 Å². The predicted molar refractivity (Wildman–Crippen MR) is 81.8 cm³/mol. The van der Waals surface area contributed by atoms with E-state index >= 15 is 0 Å². The molecule has 1 N–H and O–H groups in total. The van der Waals surface area contributed by atoms with Crippen LogP contribution in [-0.2, 0) is 13.2 Å². The lowest BCUT2D eigenvalue weighted by molar-refractivity contribution is 0.307. The normalized spacial score (nSPS) is 10.9. The molecule has 0 aliphatic carbocycles. The number of hydrogen-bond donors (Lipinski definition) is 1. The van der Waals surface area contributed by atoms with Gasteiger partial charge in [0.2, 0.25) is 0 Å². The topological polar surface area (TPSA) is 21.3 Å². The predicted octanol–water partition coefficient (Wildman–Crippen LogP) is 4.13. The summed E-state index contributed by atoms with van der Waals surface area (Å²) in [5.41, 5.74) is 1.18. The third-order valence-electron chi connectivity index (χ3n) is 2.87. The molecule has 0 saturated heterocycles. The Labute approximate surface area is 119 Å². The van der Waals surface area contributed by atoms with Gasteiger partial charge in [-0.1, -0.05) is 32.0 Å². The largest absolute Gasteiger partial charge is 0.488 e. The van der Waals surface area contributed by atoms with Gasteiger partial charge in [0.15, 0.2) is 0 Å². The van der Waals surface area contributed by atoms with E-state index in [1.807, 2.05) is 29.5 Å². The summed E-state index contributed by atoms with van der Waals surface area (Å²) in [6, 6.07) is 13.0. The molecule has 0 spiro atoms. The molecule has 0 bridgehead atoms. The Kier molecular flexibility index (Phi) is 5.00. The number of ether oxygens (including phenoxy) is 1. The smallest absolute Gasteiger partial charge is 0.122 e. The number of rotatable bonds is 6. The van der Waals surface area contributed by atoms with E-state index < -0.39 is 0 Å². The molecule has 0 aliphatic rings. The Morgan fingerprint density at radius 2 is 1.84 bits per heavy atom. The minimum Gasteiger partial charge on any atom is -0.488 e. The lowest BCUT2D eigenvalue weighted by Gasteiger charge is -2.07. The Morgan fingerprint density at radius 3 is 2.58 bits per heavy atom. The average Bonchev–Trinajstić information content (AvgIpc) is 2.83. The van der Waals surface area contributed by atoms with Gasteiger partial charge in [0, 0.05) is 22.3 Å². The molecule has 19 heavy (non-hydrogen) atoms. The van der Waals surface area contributed by atoms with Crippen LogP contribution in [0.4, 0.5) is 0 Å². The molecular weight excluding hydrogens is 254 g/mol. The zero-order valence-electron chi connectivity index (χ0n) is 11.8. The number of aryl methyl sites for hydroxylation is 1. The number of benzene rings is 1. The first-order valence-electron chi connectivity index (χ1n) is 6.64. The molecule has 0 saturated carbocycles. The van der Waals surface area contributed by atoms with Gasteiger partial charge in [0.05, 0.1) is 0 Å². The summed E-state index contributed by atoms with van der Waals surface area (Å²) >= 11 is 1.81. The van der Waals surface area contributed by atoms with Crippen LogP contribution in [0.3, 0.4) is 0 Å². The van der Waals surface area contributed by atoms with Gasteiger partial charge in [-0.3, -0.25) is 0 Å². The van der Waals surface area contributed by atoms with Gasteiger partial charge in [-0.05, 0) is 30.7 Å². The zero-order valence-corrected chi connectivity index (χ0v) is 12.6. The highest BCUT2D eigenvalue weighted by molar-refractivity contribution is 7.11. The molecule has 2 aromatic rings. The first kappa shape index (κ1) is 14.1.